The van der Waals surface area contributed by atoms with Crippen LogP contribution in [0.2, 0.25) is 6.32 Å². The van der Waals surface area contributed by atoms with E-state index in [-0.39, 0.29) is 38.1 Å². The summed E-state index contributed by atoms with van der Waals surface area (Å²) in [5.74, 6) is -6.25. The van der Waals surface area contributed by atoms with Crippen molar-refractivity contribution in [2.24, 2.45) is 23.1 Å². The Labute approximate surface area is 213 Å². The van der Waals surface area contributed by atoms with Gasteiger partial charge in [-0.25, -0.2) is 4.79 Å². The summed E-state index contributed by atoms with van der Waals surface area (Å²) in [5.41, 5.74) is 13.4. The molecule has 0 radical (unpaired) electrons. The van der Waals surface area contributed by atoms with Gasteiger partial charge < -0.3 is 46.7 Å². The highest BCUT2D eigenvalue weighted by Crippen LogP contribution is 2.33. The second kappa shape index (κ2) is 12.3. The minimum atomic E-state index is -2.28. The first-order valence-corrected chi connectivity index (χ1v) is 11.9. The number of likely N-dealkylation sites (tertiary alicyclic amines) is 1. The molecular weight excluding hydrogens is 493 g/mol. The summed E-state index contributed by atoms with van der Waals surface area (Å²) in [5, 5.41) is 35.5. The van der Waals surface area contributed by atoms with Gasteiger partial charge in [0.2, 0.25) is 5.91 Å². The fourth-order valence-corrected chi connectivity index (χ4v) is 4.69. The third-order valence-corrected chi connectivity index (χ3v) is 6.56. The number of nitrogens with one attached hydrogen (secondary N) is 1. The highest BCUT2D eigenvalue weighted by molar-refractivity contribution is 6.48. The molecule has 0 saturated carbocycles. The molecule has 2 fully saturated rings. The van der Waals surface area contributed by atoms with Crippen LogP contribution in [0.15, 0.2) is 0 Å². The van der Waals surface area contributed by atoms with Crippen molar-refractivity contribution in [2.75, 3.05) is 13.1 Å². The van der Waals surface area contributed by atoms with Crippen molar-refractivity contribution in [1.82, 2.24) is 4.90 Å². The van der Waals surface area contributed by atoms with Crippen LogP contribution in [0, 0.1) is 11.3 Å². The zero-order valence-electron chi connectivity index (χ0n) is 20.4. The molecule has 0 aromatic carbocycles. The van der Waals surface area contributed by atoms with Gasteiger partial charge >= 0.3 is 25.0 Å². The fraction of sp³-hybridized carbons (Fsp3) is 0.714. The third kappa shape index (κ3) is 8.13. The van der Waals surface area contributed by atoms with E-state index in [4.69, 9.17) is 37.0 Å². The second-order valence-electron chi connectivity index (χ2n) is 9.79. The zero-order valence-corrected chi connectivity index (χ0v) is 20.4. The van der Waals surface area contributed by atoms with E-state index < -0.39 is 72.8 Å². The van der Waals surface area contributed by atoms with Gasteiger partial charge in [0.05, 0.1) is 24.7 Å². The van der Waals surface area contributed by atoms with E-state index in [0.717, 1.165) is 0 Å². The van der Waals surface area contributed by atoms with Crippen LogP contribution in [0.3, 0.4) is 0 Å². The number of piperidine rings is 1. The van der Waals surface area contributed by atoms with Gasteiger partial charge in [-0.05, 0) is 37.9 Å². The molecule has 37 heavy (non-hydrogen) atoms. The van der Waals surface area contributed by atoms with Gasteiger partial charge in [0.1, 0.15) is 5.54 Å². The molecule has 2 saturated heterocycles. The minimum absolute atomic E-state index is 0.0141. The molecule has 2 aliphatic rings. The number of amidine groups is 1. The Kier molecular flexibility index (Phi) is 10.0. The van der Waals surface area contributed by atoms with Gasteiger partial charge in [-0.15, -0.1) is 0 Å². The number of nitrogens with zero attached hydrogens (tertiary/aromatic N) is 1. The van der Waals surface area contributed by atoms with E-state index in [9.17, 15) is 34.2 Å². The number of amides is 1. The Morgan fingerprint density at radius 2 is 1.86 bits per heavy atom. The van der Waals surface area contributed by atoms with Crippen molar-refractivity contribution >= 4 is 42.7 Å². The van der Waals surface area contributed by atoms with Gasteiger partial charge in [0, 0.05) is 19.5 Å². The maximum atomic E-state index is 13.0. The number of aliphatic carboxylic acids is 3. The second-order valence-corrected chi connectivity index (χ2v) is 9.79. The van der Waals surface area contributed by atoms with Crippen LogP contribution >= 0.6 is 0 Å². The molecule has 2 heterocycles. The summed E-state index contributed by atoms with van der Waals surface area (Å²) in [6.07, 6.45) is 0.147. The standard InChI is InChI=1S/C21H34BN5O10/c23-13(3-1-2-4-14(24)25)17(31)27-10-12(7-20(26,11-27)18(32)33)5-6-22-36-16(30)9-21(37-22,19(34)35)8-15(28)29/h12-13H,1-11,23,26H2,(H3,24,25)(H,28,29)(H,32,33)(H,34,35)/t12-,13-,20+,21?/m0/s1. The lowest BCUT2D eigenvalue weighted by Crippen LogP contribution is -2.64. The van der Waals surface area contributed by atoms with E-state index in [2.05, 4.69) is 0 Å². The Morgan fingerprint density at radius 3 is 2.43 bits per heavy atom. The quantitative estimate of drug-likeness (QED) is 0.0628. The number of nitrogens with two attached hydrogens (primary N) is 3. The molecule has 4 atom stereocenters. The summed E-state index contributed by atoms with van der Waals surface area (Å²) in [7, 11) is -1.37. The molecular formula is C21H34BN5O10. The molecule has 0 aromatic rings. The Hall–Kier alpha value is -3.24. The number of carbonyl (C=O) groups is 5. The number of carbonyl (C=O) groups excluding carboxylic acids is 2. The average molecular weight is 527 g/mol. The monoisotopic (exact) mass is 527 g/mol. The van der Waals surface area contributed by atoms with Crippen LogP contribution in [-0.4, -0.2) is 93.2 Å². The number of hydrogen-bond donors (Lipinski definition) is 7. The number of unbranched alkanes of at least 4 members (excludes halogenated alkanes) is 1. The zero-order chi connectivity index (χ0) is 28.0. The van der Waals surface area contributed by atoms with Crippen molar-refractivity contribution in [3.05, 3.63) is 0 Å². The van der Waals surface area contributed by atoms with Crippen LogP contribution in [0.1, 0.15) is 51.4 Å². The molecule has 0 bridgehead atoms. The number of carboxylic acid groups (broad SMARTS) is 3. The minimum Gasteiger partial charge on any atom is -0.509 e. The van der Waals surface area contributed by atoms with E-state index in [1.165, 1.54) is 4.90 Å². The van der Waals surface area contributed by atoms with Crippen LogP contribution in [0.5, 0.6) is 0 Å². The molecule has 15 nitrogen and oxygen atoms in total. The maximum Gasteiger partial charge on any atom is 0.528 e. The topological polar surface area (TPSA) is 270 Å². The summed E-state index contributed by atoms with van der Waals surface area (Å²) in [6.45, 7) is -0.138. The van der Waals surface area contributed by atoms with Gasteiger partial charge in [-0.3, -0.25) is 24.6 Å². The van der Waals surface area contributed by atoms with Crippen molar-refractivity contribution in [3.63, 3.8) is 0 Å². The van der Waals surface area contributed by atoms with Crippen LogP contribution in [-0.2, 0) is 33.3 Å². The van der Waals surface area contributed by atoms with E-state index in [0.29, 0.717) is 25.7 Å². The molecule has 0 aromatic heterocycles. The highest BCUT2D eigenvalue weighted by Gasteiger charge is 2.52. The molecule has 10 N–H and O–H groups in total. The average Bonchev–Trinajstić information content (AvgIpc) is 2.78. The van der Waals surface area contributed by atoms with Crippen LogP contribution < -0.4 is 17.2 Å². The first-order valence-electron chi connectivity index (χ1n) is 11.9. The SMILES string of the molecule is N=C(N)CCCC[C@H](N)C(=O)N1C[C@@H](CCB2OC(=O)CC(CC(=O)O)(C(=O)O)O2)C[C@](N)(C(=O)O)C1. The Balaban J connectivity index is 2.07. The van der Waals surface area contributed by atoms with Crippen LogP contribution in [0.25, 0.3) is 0 Å². The molecule has 16 heteroatoms. The fourth-order valence-electron chi connectivity index (χ4n) is 4.69. The Morgan fingerprint density at radius 1 is 1.19 bits per heavy atom. The van der Waals surface area contributed by atoms with Gasteiger partial charge in [0.15, 0.2) is 5.60 Å². The van der Waals surface area contributed by atoms with Crippen molar-refractivity contribution in [3.8, 4) is 0 Å². The van der Waals surface area contributed by atoms with Gasteiger partial charge in [-0.1, -0.05) is 6.42 Å². The third-order valence-electron chi connectivity index (χ3n) is 6.56. The van der Waals surface area contributed by atoms with E-state index in [1.54, 1.807) is 0 Å². The number of rotatable bonds is 13. The molecule has 0 aliphatic carbocycles. The van der Waals surface area contributed by atoms with Gasteiger partial charge in [0.25, 0.3) is 5.97 Å². The van der Waals surface area contributed by atoms with Crippen LogP contribution in [0.4, 0.5) is 0 Å². The largest absolute Gasteiger partial charge is 0.528 e. The first kappa shape index (κ1) is 30.0. The Bertz CT molecular complexity index is 931. The summed E-state index contributed by atoms with van der Waals surface area (Å²) in [4.78, 5) is 61.1. The van der Waals surface area contributed by atoms with Crippen molar-refractivity contribution in [2.45, 2.75) is 74.9 Å². The smallest absolute Gasteiger partial charge is 0.509 e. The summed E-state index contributed by atoms with van der Waals surface area (Å²) >= 11 is 0. The molecule has 0 spiro atoms. The lowest BCUT2D eigenvalue weighted by atomic mass is 9.72. The molecule has 1 amide bonds. The number of hydrogen-bond acceptors (Lipinski definition) is 10. The molecule has 206 valence electrons. The number of carboxylic acids is 3. The van der Waals surface area contributed by atoms with E-state index >= 15 is 0 Å². The molecule has 1 unspecified atom stereocenters. The molecule has 2 aliphatic heterocycles. The van der Waals surface area contributed by atoms with Crippen molar-refractivity contribution in [1.29, 1.82) is 5.41 Å². The van der Waals surface area contributed by atoms with Gasteiger partial charge in [-0.2, -0.15) is 0 Å². The van der Waals surface area contributed by atoms with Crippen molar-refractivity contribution < 1.29 is 48.6 Å². The van der Waals surface area contributed by atoms with E-state index in [1.807, 2.05) is 0 Å². The first-order chi connectivity index (χ1) is 17.2. The maximum absolute atomic E-state index is 13.0. The highest BCUT2D eigenvalue weighted by atomic mass is 16.6. The predicted octanol–water partition coefficient (Wildman–Crippen LogP) is -1.42. The lowest BCUT2D eigenvalue weighted by Gasteiger charge is -2.43. The predicted molar refractivity (Wildman–Crippen MR) is 127 cm³/mol. The molecule has 2 rings (SSSR count). The summed E-state index contributed by atoms with van der Waals surface area (Å²) in [6, 6.07) is -0.904. The lowest BCUT2D eigenvalue weighted by molar-refractivity contribution is -0.174. The summed E-state index contributed by atoms with van der Waals surface area (Å²) < 4.78 is 10.5. The normalized spacial score (nSPS) is 26.8.